The van der Waals surface area contributed by atoms with Crippen molar-refractivity contribution in [2.75, 3.05) is 13.1 Å². The predicted molar refractivity (Wildman–Crippen MR) is 85.0 cm³/mol. The first-order chi connectivity index (χ1) is 10.6. The molecule has 1 saturated heterocycles. The fourth-order valence-electron chi connectivity index (χ4n) is 2.76. The van der Waals surface area contributed by atoms with E-state index in [4.69, 9.17) is 23.2 Å². The Labute approximate surface area is 138 Å². The maximum Gasteiger partial charge on any atom is 0.222 e. The van der Waals surface area contributed by atoms with Gasteiger partial charge in [-0.3, -0.25) is 4.79 Å². The Morgan fingerprint density at radius 3 is 2.77 bits per heavy atom. The van der Waals surface area contributed by atoms with Crippen LogP contribution in [-0.2, 0) is 11.2 Å². The van der Waals surface area contributed by atoms with E-state index < -0.39 is 0 Å². The number of amides is 1. The van der Waals surface area contributed by atoms with Crippen molar-refractivity contribution in [3.05, 3.63) is 46.2 Å². The lowest BCUT2D eigenvalue weighted by Gasteiger charge is -2.17. The van der Waals surface area contributed by atoms with Gasteiger partial charge in [0.05, 0.1) is 12.2 Å². The number of benzene rings is 1. The molecule has 1 aliphatic rings. The normalized spacial score (nSPS) is 17.9. The first-order valence-corrected chi connectivity index (χ1v) is 7.97. The van der Waals surface area contributed by atoms with Crippen LogP contribution in [0.15, 0.2) is 30.6 Å². The molecular weight excluding hydrogens is 323 g/mol. The van der Waals surface area contributed by atoms with E-state index in [0.717, 1.165) is 18.5 Å². The van der Waals surface area contributed by atoms with E-state index in [1.54, 1.807) is 24.4 Å². The number of carbonyl (C=O) groups excluding carboxylic acids is 1. The van der Waals surface area contributed by atoms with Crippen molar-refractivity contribution in [2.24, 2.45) is 0 Å². The van der Waals surface area contributed by atoms with Gasteiger partial charge in [0.15, 0.2) is 0 Å². The van der Waals surface area contributed by atoms with E-state index in [1.807, 2.05) is 15.8 Å². The van der Waals surface area contributed by atoms with Crippen LogP contribution in [0.4, 0.5) is 0 Å². The Morgan fingerprint density at radius 1 is 1.32 bits per heavy atom. The molecule has 0 N–H and O–H groups in total. The third-order valence-corrected chi connectivity index (χ3v) is 4.69. The minimum atomic E-state index is 0.124. The van der Waals surface area contributed by atoms with Gasteiger partial charge in [0, 0.05) is 35.8 Å². The number of aromatic nitrogens is 3. The summed E-state index contributed by atoms with van der Waals surface area (Å²) in [7, 11) is 0. The van der Waals surface area contributed by atoms with Crippen molar-refractivity contribution in [3.8, 4) is 0 Å². The van der Waals surface area contributed by atoms with E-state index in [0.29, 0.717) is 29.4 Å². The van der Waals surface area contributed by atoms with E-state index >= 15 is 0 Å². The Hall–Kier alpha value is -1.59. The SMILES string of the molecule is O=C(CCc1c(Cl)cccc1Cl)N1CC[C@@H](n2ccnn2)C1. The number of hydrogen-bond donors (Lipinski definition) is 0. The van der Waals surface area contributed by atoms with E-state index in [9.17, 15) is 4.79 Å². The summed E-state index contributed by atoms with van der Waals surface area (Å²) >= 11 is 12.3. The molecule has 1 amide bonds. The Morgan fingerprint density at radius 2 is 2.09 bits per heavy atom. The summed E-state index contributed by atoms with van der Waals surface area (Å²) < 4.78 is 1.82. The van der Waals surface area contributed by atoms with Crippen molar-refractivity contribution in [2.45, 2.75) is 25.3 Å². The Bertz CT molecular complexity index is 639. The van der Waals surface area contributed by atoms with Gasteiger partial charge in [-0.15, -0.1) is 5.10 Å². The quantitative estimate of drug-likeness (QED) is 0.860. The molecule has 7 heteroatoms. The lowest BCUT2D eigenvalue weighted by atomic mass is 10.1. The van der Waals surface area contributed by atoms with Crippen LogP contribution in [0.25, 0.3) is 0 Å². The average Bonchev–Trinajstić information content (AvgIpc) is 3.17. The summed E-state index contributed by atoms with van der Waals surface area (Å²) in [5.41, 5.74) is 0.839. The van der Waals surface area contributed by atoms with Crippen LogP contribution < -0.4 is 0 Å². The van der Waals surface area contributed by atoms with E-state index in [-0.39, 0.29) is 11.9 Å². The summed E-state index contributed by atoms with van der Waals surface area (Å²) in [5.74, 6) is 0.124. The molecule has 2 aromatic rings. The van der Waals surface area contributed by atoms with Gasteiger partial charge in [0.25, 0.3) is 0 Å². The smallest absolute Gasteiger partial charge is 0.222 e. The highest BCUT2D eigenvalue weighted by molar-refractivity contribution is 6.36. The molecular formula is C15H16Cl2N4O. The van der Waals surface area contributed by atoms with Gasteiger partial charge in [0.2, 0.25) is 5.91 Å². The number of rotatable bonds is 4. The summed E-state index contributed by atoms with van der Waals surface area (Å²) in [5, 5.41) is 9.04. The molecule has 0 aliphatic carbocycles. The zero-order chi connectivity index (χ0) is 15.5. The maximum absolute atomic E-state index is 12.4. The van der Waals surface area contributed by atoms with Crippen LogP contribution in [0.2, 0.25) is 10.0 Å². The summed E-state index contributed by atoms with van der Waals surface area (Å²) in [4.78, 5) is 14.2. The molecule has 3 rings (SSSR count). The zero-order valence-corrected chi connectivity index (χ0v) is 13.5. The van der Waals surface area contributed by atoms with Crippen molar-refractivity contribution >= 4 is 29.1 Å². The maximum atomic E-state index is 12.4. The molecule has 1 aliphatic heterocycles. The fraction of sp³-hybridized carbons (Fsp3) is 0.400. The molecule has 0 unspecified atom stereocenters. The van der Waals surface area contributed by atoms with Gasteiger partial charge in [-0.25, -0.2) is 4.68 Å². The standard InChI is InChI=1S/C15H16Cl2N4O/c16-13-2-1-3-14(17)12(13)4-5-15(22)20-8-6-11(10-20)21-9-7-18-19-21/h1-3,7,9,11H,4-6,8,10H2/t11-/m1/s1. The number of likely N-dealkylation sites (tertiary alicyclic amines) is 1. The van der Waals surface area contributed by atoms with E-state index in [1.165, 1.54) is 0 Å². The molecule has 2 heterocycles. The Balaban J connectivity index is 1.57. The molecule has 0 spiro atoms. The van der Waals surface area contributed by atoms with Gasteiger partial charge < -0.3 is 4.90 Å². The third-order valence-electron chi connectivity index (χ3n) is 3.98. The second-order valence-electron chi connectivity index (χ2n) is 5.37. The third kappa shape index (κ3) is 3.25. The molecule has 1 atom stereocenters. The average molecular weight is 339 g/mol. The number of nitrogens with zero attached hydrogens (tertiary/aromatic N) is 4. The molecule has 1 fully saturated rings. The molecule has 1 aromatic carbocycles. The van der Waals surface area contributed by atoms with Crippen molar-refractivity contribution < 1.29 is 4.79 Å². The predicted octanol–water partition coefficient (Wildman–Crippen LogP) is 2.99. The van der Waals surface area contributed by atoms with Crippen molar-refractivity contribution in [3.63, 3.8) is 0 Å². The van der Waals surface area contributed by atoms with Crippen LogP contribution in [0.1, 0.15) is 24.4 Å². The van der Waals surface area contributed by atoms with Gasteiger partial charge in [-0.05, 0) is 30.5 Å². The first-order valence-electron chi connectivity index (χ1n) is 7.21. The van der Waals surface area contributed by atoms with Gasteiger partial charge in [-0.1, -0.05) is 34.5 Å². The molecule has 5 nitrogen and oxygen atoms in total. The second kappa shape index (κ2) is 6.67. The zero-order valence-electron chi connectivity index (χ0n) is 12.0. The van der Waals surface area contributed by atoms with Crippen molar-refractivity contribution in [1.82, 2.24) is 19.9 Å². The van der Waals surface area contributed by atoms with Crippen LogP contribution in [0, 0.1) is 0 Å². The van der Waals surface area contributed by atoms with Gasteiger partial charge in [-0.2, -0.15) is 0 Å². The minimum absolute atomic E-state index is 0.124. The summed E-state index contributed by atoms with van der Waals surface area (Å²) in [6.45, 7) is 1.43. The summed E-state index contributed by atoms with van der Waals surface area (Å²) in [6.07, 6.45) is 5.36. The van der Waals surface area contributed by atoms with Crippen molar-refractivity contribution in [1.29, 1.82) is 0 Å². The first kappa shape index (κ1) is 15.3. The van der Waals surface area contributed by atoms with Gasteiger partial charge in [0.1, 0.15) is 0 Å². The largest absolute Gasteiger partial charge is 0.340 e. The number of carbonyl (C=O) groups is 1. The molecule has 0 radical (unpaired) electrons. The summed E-state index contributed by atoms with van der Waals surface area (Å²) in [6, 6.07) is 5.61. The topological polar surface area (TPSA) is 51.0 Å². The van der Waals surface area contributed by atoms with Crippen LogP contribution in [-0.4, -0.2) is 38.9 Å². The number of halogens is 2. The lowest BCUT2D eigenvalue weighted by Crippen LogP contribution is -2.29. The molecule has 22 heavy (non-hydrogen) atoms. The fourth-order valence-corrected chi connectivity index (χ4v) is 3.34. The lowest BCUT2D eigenvalue weighted by molar-refractivity contribution is -0.130. The monoisotopic (exact) mass is 338 g/mol. The highest BCUT2D eigenvalue weighted by Gasteiger charge is 2.27. The van der Waals surface area contributed by atoms with Crippen LogP contribution in [0.5, 0.6) is 0 Å². The van der Waals surface area contributed by atoms with Gasteiger partial charge >= 0.3 is 0 Å². The highest BCUT2D eigenvalue weighted by Crippen LogP contribution is 2.26. The van der Waals surface area contributed by atoms with Crippen LogP contribution >= 0.6 is 23.2 Å². The molecule has 0 saturated carbocycles. The van der Waals surface area contributed by atoms with E-state index in [2.05, 4.69) is 10.3 Å². The second-order valence-corrected chi connectivity index (χ2v) is 6.18. The molecule has 116 valence electrons. The Kier molecular flexibility index (Phi) is 4.64. The molecule has 1 aromatic heterocycles. The van der Waals surface area contributed by atoms with Crippen LogP contribution in [0.3, 0.4) is 0 Å². The minimum Gasteiger partial charge on any atom is -0.340 e. The number of hydrogen-bond acceptors (Lipinski definition) is 3. The highest BCUT2D eigenvalue weighted by atomic mass is 35.5. The molecule has 0 bridgehead atoms.